The van der Waals surface area contributed by atoms with Crippen LogP contribution in [0.2, 0.25) is 0 Å². The molecule has 0 aliphatic carbocycles. The summed E-state index contributed by atoms with van der Waals surface area (Å²) in [7, 11) is 2.20. The van der Waals surface area contributed by atoms with Gasteiger partial charge in [-0.15, -0.1) is 0 Å². The lowest BCUT2D eigenvalue weighted by atomic mass is 9.89. The van der Waals surface area contributed by atoms with Gasteiger partial charge in [-0.1, -0.05) is 20.8 Å². The molecule has 3 unspecified atom stereocenters. The molecule has 2 rings (SSSR count). The van der Waals surface area contributed by atoms with E-state index in [0.717, 1.165) is 39.3 Å². The van der Waals surface area contributed by atoms with Crippen LogP contribution in [0.1, 0.15) is 34.1 Å². The average Bonchev–Trinajstić information content (AvgIpc) is 2.38. The van der Waals surface area contributed by atoms with Gasteiger partial charge in [0.2, 0.25) is 0 Å². The number of morpholine rings is 1. The molecule has 0 aromatic carbocycles. The van der Waals surface area contributed by atoms with Gasteiger partial charge >= 0.3 is 0 Å². The van der Waals surface area contributed by atoms with Crippen molar-refractivity contribution in [2.75, 3.05) is 46.4 Å². The molecule has 2 aliphatic rings. The predicted octanol–water partition coefficient (Wildman–Crippen LogP) is 1.42. The van der Waals surface area contributed by atoms with E-state index in [-0.39, 0.29) is 5.54 Å². The van der Waals surface area contributed by atoms with E-state index in [1.54, 1.807) is 0 Å². The average molecular weight is 283 g/mol. The second kappa shape index (κ2) is 6.73. The third-order valence-corrected chi connectivity index (χ3v) is 5.09. The Morgan fingerprint density at radius 3 is 2.75 bits per heavy atom. The molecule has 0 saturated carbocycles. The van der Waals surface area contributed by atoms with Crippen LogP contribution in [-0.2, 0) is 4.74 Å². The van der Waals surface area contributed by atoms with Gasteiger partial charge < -0.3 is 15.0 Å². The number of hydrogen-bond donors (Lipinski definition) is 1. The van der Waals surface area contributed by atoms with Crippen molar-refractivity contribution in [2.45, 2.75) is 51.8 Å². The third kappa shape index (κ3) is 3.94. The highest BCUT2D eigenvalue weighted by atomic mass is 16.5. The van der Waals surface area contributed by atoms with Gasteiger partial charge in [0.05, 0.1) is 12.7 Å². The maximum atomic E-state index is 5.98. The molecule has 3 atom stereocenters. The van der Waals surface area contributed by atoms with Crippen molar-refractivity contribution >= 4 is 0 Å². The van der Waals surface area contributed by atoms with Gasteiger partial charge in [-0.2, -0.15) is 0 Å². The highest BCUT2D eigenvalue weighted by Crippen LogP contribution is 2.23. The standard InChI is InChI=1S/C16H33N3O/c1-6-16(4)12-19(15(9-17-16)13(2)3)11-14-10-18(5)7-8-20-14/h13-15,17H,6-12H2,1-5H3. The van der Waals surface area contributed by atoms with Crippen LogP contribution >= 0.6 is 0 Å². The van der Waals surface area contributed by atoms with E-state index in [2.05, 4.69) is 49.9 Å². The number of likely N-dealkylation sites (N-methyl/N-ethyl adjacent to an activating group) is 1. The zero-order valence-electron chi connectivity index (χ0n) is 14.0. The minimum atomic E-state index is 0.256. The fourth-order valence-corrected chi connectivity index (χ4v) is 3.43. The van der Waals surface area contributed by atoms with Crippen LogP contribution in [0.25, 0.3) is 0 Å². The van der Waals surface area contributed by atoms with Crippen LogP contribution in [0.3, 0.4) is 0 Å². The van der Waals surface area contributed by atoms with Crippen molar-refractivity contribution in [1.82, 2.24) is 15.1 Å². The van der Waals surface area contributed by atoms with Crippen LogP contribution in [0.4, 0.5) is 0 Å². The molecule has 20 heavy (non-hydrogen) atoms. The summed E-state index contributed by atoms with van der Waals surface area (Å²) in [6, 6.07) is 0.630. The highest BCUT2D eigenvalue weighted by Gasteiger charge is 2.37. The van der Waals surface area contributed by atoms with Gasteiger partial charge in [0.1, 0.15) is 0 Å². The number of nitrogens with zero attached hydrogens (tertiary/aromatic N) is 2. The Hall–Kier alpha value is -0.160. The van der Waals surface area contributed by atoms with E-state index in [1.165, 1.54) is 6.42 Å². The maximum absolute atomic E-state index is 5.98. The monoisotopic (exact) mass is 283 g/mol. The number of piperazine rings is 1. The van der Waals surface area contributed by atoms with Crippen molar-refractivity contribution < 1.29 is 4.74 Å². The second-order valence-electron chi connectivity index (χ2n) is 7.29. The molecule has 1 N–H and O–H groups in total. The Balaban J connectivity index is 1.99. The molecule has 4 nitrogen and oxygen atoms in total. The van der Waals surface area contributed by atoms with Crippen molar-refractivity contribution in [1.29, 1.82) is 0 Å². The van der Waals surface area contributed by atoms with E-state index in [4.69, 9.17) is 4.74 Å². The summed E-state index contributed by atoms with van der Waals surface area (Å²) < 4.78 is 5.98. The summed E-state index contributed by atoms with van der Waals surface area (Å²) in [4.78, 5) is 5.06. The zero-order chi connectivity index (χ0) is 14.8. The first kappa shape index (κ1) is 16.2. The molecule has 0 aromatic rings. The number of rotatable bonds is 4. The number of nitrogens with one attached hydrogen (secondary N) is 1. The Bertz CT molecular complexity index is 310. The first-order valence-electron chi connectivity index (χ1n) is 8.23. The van der Waals surface area contributed by atoms with Crippen molar-refractivity contribution in [3.05, 3.63) is 0 Å². The van der Waals surface area contributed by atoms with Crippen LogP contribution in [0, 0.1) is 5.92 Å². The van der Waals surface area contributed by atoms with E-state index >= 15 is 0 Å². The molecule has 2 heterocycles. The fraction of sp³-hybridized carbons (Fsp3) is 1.00. The van der Waals surface area contributed by atoms with E-state index < -0.39 is 0 Å². The Morgan fingerprint density at radius 1 is 1.40 bits per heavy atom. The molecule has 2 fully saturated rings. The van der Waals surface area contributed by atoms with Crippen molar-refractivity contribution in [2.24, 2.45) is 5.92 Å². The lowest BCUT2D eigenvalue weighted by Gasteiger charge is -2.49. The summed E-state index contributed by atoms with van der Waals surface area (Å²) in [6.45, 7) is 15.6. The molecule has 0 amide bonds. The van der Waals surface area contributed by atoms with E-state index in [1.807, 2.05) is 0 Å². The molecule has 0 bridgehead atoms. The molecule has 4 heteroatoms. The van der Waals surface area contributed by atoms with Gasteiger partial charge in [-0.05, 0) is 26.3 Å². The topological polar surface area (TPSA) is 27.7 Å². The van der Waals surface area contributed by atoms with Gasteiger partial charge in [0, 0.05) is 44.3 Å². The van der Waals surface area contributed by atoms with Crippen LogP contribution < -0.4 is 5.32 Å². The number of ether oxygens (including phenoxy) is 1. The molecule has 2 saturated heterocycles. The van der Waals surface area contributed by atoms with Crippen LogP contribution in [0.5, 0.6) is 0 Å². The lowest BCUT2D eigenvalue weighted by molar-refractivity contribution is -0.0558. The lowest BCUT2D eigenvalue weighted by Crippen LogP contribution is -2.65. The van der Waals surface area contributed by atoms with E-state index in [9.17, 15) is 0 Å². The molecular weight excluding hydrogens is 250 g/mol. The smallest absolute Gasteiger partial charge is 0.0829 e. The zero-order valence-corrected chi connectivity index (χ0v) is 14.0. The Labute approximate surface area is 124 Å². The minimum Gasteiger partial charge on any atom is -0.374 e. The normalized spacial score (nSPS) is 37.5. The first-order valence-corrected chi connectivity index (χ1v) is 8.23. The quantitative estimate of drug-likeness (QED) is 0.844. The fourth-order valence-electron chi connectivity index (χ4n) is 3.43. The number of hydrogen-bond acceptors (Lipinski definition) is 4. The highest BCUT2D eigenvalue weighted by molar-refractivity contribution is 4.96. The van der Waals surface area contributed by atoms with Gasteiger partial charge in [0.15, 0.2) is 0 Å². The third-order valence-electron chi connectivity index (χ3n) is 5.09. The SMILES string of the molecule is CCC1(C)CN(CC2CN(C)CCO2)C(C(C)C)CN1. The molecule has 0 aromatic heterocycles. The predicted molar refractivity (Wildman–Crippen MR) is 84.1 cm³/mol. The first-order chi connectivity index (χ1) is 9.43. The summed E-state index contributed by atoms with van der Waals surface area (Å²) in [5.41, 5.74) is 0.256. The van der Waals surface area contributed by atoms with E-state index in [0.29, 0.717) is 18.1 Å². The van der Waals surface area contributed by atoms with Crippen molar-refractivity contribution in [3.63, 3.8) is 0 Å². The van der Waals surface area contributed by atoms with Crippen LogP contribution in [0.15, 0.2) is 0 Å². The Kier molecular flexibility index (Phi) is 5.46. The van der Waals surface area contributed by atoms with Crippen LogP contribution in [-0.4, -0.2) is 73.9 Å². The summed E-state index contributed by atoms with van der Waals surface area (Å²) in [6.07, 6.45) is 1.55. The van der Waals surface area contributed by atoms with Crippen molar-refractivity contribution in [3.8, 4) is 0 Å². The minimum absolute atomic E-state index is 0.256. The Morgan fingerprint density at radius 2 is 2.15 bits per heavy atom. The summed E-state index contributed by atoms with van der Waals surface area (Å²) >= 11 is 0. The summed E-state index contributed by atoms with van der Waals surface area (Å²) in [5, 5.41) is 3.76. The maximum Gasteiger partial charge on any atom is 0.0829 e. The molecule has 0 radical (unpaired) electrons. The van der Waals surface area contributed by atoms with Gasteiger partial charge in [-0.25, -0.2) is 0 Å². The molecule has 0 spiro atoms. The molecule has 118 valence electrons. The van der Waals surface area contributed by atoms with Gasteiger partial charge in [-0.3, -0.25) is 4.90 Å². The second-order valence-corrected chi connectivity index (χ2v) is 7.29. The molecule has 2 aliphatic heterocycles. The summed E-state index contributed by atoms with van der Waals surface area (Å²) in [5.74, 6) is 0.685. The van der Waals surface area contributed by atoms with Gasteiger partial charge in [0.25, 0.3) is 0 Å². The largest absolute Gasteiger partial charge is 0.374 e. The molecular formula is C16H33N3O.